The number of hydrazone groups is 1. The molecule has 2 N–H and O–H groups in total. The molecule has 3 amide bonds. The molecule has 1 aromatic rings. The number of hydrogen-bond donors (Lipinski definition) is 1. The lowest BCUT2D eigenvalue weighted by molar-refractivity contribution is -0.124. The molecule has 9 nitrogen and oxygen atoms in total. The maximum atomic E-state index is 13.2. The second-order valence-electron chi connectivity index (χ2n) is 8.09. The van der Waals surface area contributed by atoms with Gasteiger partial charge >= 0.3 is 6.09 Å². The van der Waals surface area contributed by atoms with Gasteiger partial charge in [-0.25, -0.2) is 9.18 Å². The van der Waals surface area contributed by atoms with E-state index in [9.17, 15) is 18.8 Å². The Hall–Kier alpha value is -3.17. The van der Waals surface area contributed by atoms with Crippen LogP contribution < -0.4 is 10.7 Å². The Labute approximate surface area is 180 Å². The number of rotatable bonds is 5. The van der Waals surface area contributed by atoms with E-state index in [4.69, 9.17) is 10.5 Å². The van der Waals surface area contributed by atoms with Crippen LogP contribution in [0.5, 0.6) is 0 Å². The second-order valence-corrected chi connectivity index (χ2v) is 8.09. The highest BCUT2D eigenvalue weighted by Gasteiger charge is 2.37. The number of primary amides is 1. The number of nitrogens with zero attached hydrogens (tertiary/aromatic N) is 4. The van der Waals surface area contributed by atoms with Crippen molar-refractivity contribution in [1.82, 2.24) is 9.80 Å². The predicted molar refractivity (Wildman–Crippen MR) is 113 cm³/mol. The molecular formula is C21H28FN5O4. The molecule has 1 atom stereocenters. The molecule has 0 bridgehead atoms. The Bertz CT molecular complexity index is 858. The monoisotopic (exact) mass is 433 g/mol. The molecule has 31 heavy (non-hydrogen) atoms. The minimum atomic E-state index is -0.820. The maximum Gasteiger partial charge on any atom is 0.409 e. The van der Waals surface area contributed by atoms with Crippen LogP contribution >= 0.6 is 0 Å². The van der Waals surface area contributed by atoms with Gasteiger partial charge in [0, 0.05) is 32.6 Å². The summed E-state index contributed by atoms with van der Waals surface area (Å²) in [4.78, 5) is 40.4. The fourth-order valence-corrected chi connectivity index (χ4v) is 3.51. The van der Waals surface area contributed by atoms with E-state index < -0.39 is 17.8 Å². The summed E-state index contributed by atoms with van der Waals surface area (Å²) in [6, 6.07) is 4.65. The van der Waals surface area contributed by atoms with Crippen LogP contribution in [0.25, 0.3) is 0 Å². The topological polar surface area (TPSA) is 109 Å². The molecule has 0 aliphatic carbocycles. The van der Waals surface area contributed by atoms with Crippen LogP contribution in [0.3, 0.4) is 0 Å². The van der Waals surface area contributed by atoms with Crippen molar-refractivity contribution < 1.29 is 23.5 Å². The van der Waals surface area contributed by atoms with E-state index in [1.54, 1.807) is 9.80 Å². The third-order valence-electron chi connectivity index (χ3n) is 5.16. The second kappa shape index (κ2) is 9.76. The molecule has 2 aliphatic heterocycles. The molecule has 168 valence electrons. The third-order valence-corrected chi connectivity index (χ3v) is 5.16. The van der Waals surface area contributed by atoms with Crippen molar-refractivity contribution >= 4 is 29.3 Å². The number of carbonyl (C=O) groups is 3. The first-order chi connectivity index (χ1) is 14.8. The summed E-state index contributed by atoms with van der Waals surface area (Å²) in [7, 11) is 0. The van der Waals surface area contributed by atoms with Gasteiger partial charge in [0.1, 0.15) is 17.6 Å². The summed E-state index contributed by atoms with van der Waals surface area (Å²) in [6.07, 6.45) is 0.302. The van der Waals surface area contributed by atoms with E-state index >= 15 is 0 Å². The number of anilines is 1. The molecule has 0 saturated carbocycles. The highest BCUT2D eigenvalue weighted by molar-refractivity contribution is 6.40. The molecule has 1 saturated heterocycles. The summed E-state index contributed by atoms with van der Waals surface area (Å²) in [6.45, 7) is 5.94. The summed E-state index contributed by atoms with van der Waals surface area (Å²) >= 11 is 0. The molecule has 10 heteroatoms. The Balaban J connectivity index is 1.67. The van der Waals surface area contributed by atoms with Crippen LogP contribution in [-0.4, -0.2) is 72.2 Å². The van der Waals surface area contributed by atoms with Gasteiger partial charge in [-0.1, -0.05) is 13.8 Å². The van der Waals surface area contributed by atoms with E-state index in [0.717, 1.165) is 0 Å². The molecule has 1 fully saturated rings. The largest absolute Gasteiger partial charge is 0.449 e. The van der Waals surface area contributed by atoms with Crippen LogP contribution in [0, 0.1) is 11.7 Å². The summed E-state index contributed by atoms with van der Waals surface area (Å²) in [5.41, 5.74) is 6.20. The van der Waals surface area contributed by atoms with E-state index in [1.165, 1.54) is 29.3 Å². The zero-order valence-corrected chi connectivity index (χ0v) is 17.8. The molecule has 0 spiro atoms. The lowest BCUT2D eigenvalue weighted by atomic mass is 10.1. The smallest absolute Gasteiger partial charge is 0.409 e. The molecule has 2 heterocycles. The number of carbonyl (C=O) groups excluding carboxylic acids is 3. The normalized spacial score (nSPS) is 19.3. The minimum absolute atomic E-state index is 0.0716. The predicted octanol–water partition coefficient (Wildman–Crippen LogP) is 1.57. The van der Waals surface area contributed by atoms with E-state index in [0.29, 0.717) is 44.9 Å². The van der Waals surface area contributed by atoms with Crippen molar-refractivity contribution in [2.75, 3.05) is 37.8 Å². The van der Waals surface area contributed by atoms with Gasteiger partial charge in [-0.05, 0) is 36.6 Å². The quantitative estimate of drug-likeness (QED) is 0.758. The Morgan fingerprint density at radius 2 is 1.77 bits per heavy atom. The highest BCUT2D eigenvalue weighted by atomic mass is 19.1. The standard InChI is InChI=1S/C21H28FN5O4/c1-14(2)13-31-21(30)26-9-3-8-25(10-11-26)20(29)17-12-18(19(23)28)27(24-17)16-6-4-15(22)5-7-16/h4-7,14,18H,3,8-13H2,1-2H3,(H2,23,28). The van der Waals surface area contributed by atoms with Crippen molar-refractivity contribution in [1.29, 1.82) is 0 Å². The SMILES string of the molecule is CC(C)COC(=O)N1CCCN(C(=O)C2=NN(c3ccc(F)cc3)C(C(N)=O)C2)CC1. The average molecular weight is 433 g/mol. The first kappa shape index (κ1) is 22.5. The van der Waals surface area contributed by atoms with Gasteiger partial charge in [0.05, 0.1) is 12.3 Å². The first-order valence-corrected chi connectivity index (χ1v) is 10.4. The fourth-order valence-electron chi connectivity index (χ4n) is 3.51. The number of hydrogen-bond acceptors (Lipinski definition) is 6. The highest BCUT2D eigenvalue weighted by Crippen LogP contribution is 2.25. The molecule has 0 radical (unpaired) electrons. The van der Waals surface area contributed by atoms with E-state index in [1.807, 2.05) is 13.8 Å². The number of amides is 3. The summed E-state index contributed by atoms with van der Waals surface area (Å²) in [5, 5.41) is 5.69. The zero-order valence-electron chi connectivity index (χ0n) is 17.8. The molecule has 1 aromatic carbocycles. The number of ether oxygens (including phenoxy) is 1. The molecular weight excluding hydrogens is 405 g/mol. The fraction of sp³-hybridized carbons (Fsp3) is 0.524. The third kappa shape index (κ3) is 5.50. The van der Waals surface area contributed by atoms with Gasteiger partial charge in [0.25, 0.3) is 5.91 Å². The summed E-state index contributed by atoms with van der Waals surface area (Å²) < 4.78 is 18.5. The average Bonchev–Trinajstić information content (AvgIpc) is 3.03. The van der Waals surface area contributed by atoms with Crippen molar-refractivity contribution in [3.05, 3.63) is 30.1 Å². The van der Waals surface area contributed by atoms with Crippen LogP contribution in [0.1, 0.15) is 26.7 Å². The first-order valence-electron chi connectivity index (χ1n) is 10.4. The Morgan fingerprint density at radius 3 is 2.42 bits per heavy atom. The molecule has 3 rings (SSSR count). The van der Waals surface area contributed by atoms with E-state index in [2.05, 4.69) is 5.10 Å². The lowest BCUT2D eigenvalue weighted by Crippen LogP contribution is -2.41. The van der Waals surface area contributed by atoms with Crippen LogP contribution in [0.15, 0.2) is 29.4 Å². The van der Waals surface area contributed by atoms with Crippen molar-refractivity contribution in [2.45, 2.75) is 32.7 Å². The van der Waals surface area contributed by atoms with Gasteiger partial charge in [-0.3, -0.25) is 14.6 Å². The van der Waals surface area contributed by atoms with Gasteiger partial charge in [-0.15, -0.1) is 0 Å². The van der Waals surface area contributed by atoms with Crippen LogP contribution in [-0.2, 0) is 14.3 Å². The van der Waals surface area contributed by atoms with Gasteiger partial charge < -0.3 is 20.3 Å². The van der Waals surface area contributed by atoms with Gasteiger partial charge in [0.2, 0.25) is 5.91 Å². The lowest BCUT2D eigenvalue weighted by Gasteiger charge is -2.22. The zero-order chi connectivity index (χ0) is 22.5. The van der Waals surface area contributed by atoms with Crippen molar-refractivity contribution in [3.8, 4) is 0 Å². The Kier molecular flexibility index (Phi) is 7.09. The molecule has 2 aliphatic rings. The van der Waals surface area contributed by atoms with Crippen molar-refractivity contribution in [3.63, 3.8) is 0 Å². The number of nitrogens with two attached hydrogens (primary N) is 1. The number of benzene rings is 1. The van der Waals surface area contributed by atoms with Crippen LogP contribution in [0.2, 0.25) is 0 Å². The number of halogens is 1. The molecule has 0 aromatic heterocycles. The summed E-state index contributed by atoms with van der Waals surface area (Å²) in [5.74, 6) is -1.09. The molecule has 1 unspecified atom stereocenters. The maximum absolute atomic E-state index is 13.2. The minimum Gasteiger partial charge on any atom is -0.449 e. The van der Waals surface area contributed by atoms with E-state index in [-0.39, 0.29) is 30.1 Å². The van der Waals surface area contributed by atoms with Gasteiger partial charge in [-0.2, -0.15) is 5.10 Å². The van der Waals surface area contributed by atoms with Gasteiger partial charge in [0.15, 0.2) is 0 Å². The Morgan fingerprint density at radius 1 is 1.13 bits per heavy atom. The van der Waals surface area contributed by atoms with Crippen LogP contribution in [0.4, 0.5) is 14.9 Å². The van der Waals surface area contributed by atoms with Crippen molar-refractivity contribution in [2.24, 2.45) is 16.8 Å².